The fourth-order valence-electron chi connectivity index (χ4n) is 1.98. The minimum absolute atomic E-state index is 0.189. The number of methoxy groups -OCH3 is 1. The fraction of sp³-hybridized carbons (Fsp3) is 0.667. The SMILES string of the molecule is CCOC(CCc1cc[c]cc1)OCCOCCOCCOC. The minimum atomic E-state index is -0.189. The zero-order valence-corrected chi connectivity index (χ0v) is 14.3. The second-order valence-electron chi connectivity index (χ2n) is 4.92. The van der Waals surface area contributed by atoms with Gasteiger partial charge in [-0.25, -0.2) is 0 Å². The molecule has 131 valence electrons. The summed E-state index contributed by atoms with van der Waals surface area (Å²) in [5.41, 5.74) is 1.27. The van der Waals surface area contributed by atoms with Crippen molar-refractivity contribution in [2.24, 2.45) is 0 Å². The maximum atomic E-state index is 5.73. The van der Waals surface area contributed by atoms with E-state index in [2.05, 4.69) is 18.2 Å². The van der Waals surface area contributed by atoms with Crippen molar-refractivity contribution in [2.75, 3.05) is 53.4 Å². The van der Waals surface area contributed by atoms with E-state index in [-0.39, 0.29) is 6.29 Å². The largest absolute Gasteiger partial charge is 0.382 e. The Labute approximate surface area is 139 Å². The highest BCUT2D eigenvalue weighted by Gasteiger charge is 2.08. The Balaban J connectivity index is 2.04. The van der Waals surface area contributed by atoms with Crippen LogP contribution in [0.3, 0.4) is 0 Å². The van der Waals surface area contributed by atoms with E-state index in [9.17, 15) is 0 Å². The number of ether oxygens (including phenoxy) is 5. The molecule has 0 aliphatic rings. The molecule has 0 fully saturated rings. The molecule has 0 bridgehead atoms. The zero-order valence-electron chi connectivity index (χ0n) is 14.3. The third-order valence-corrected chi connectivity index (χ3v) is 3.14. The summed E-state index contributed by atoms with van der Waals surface area (Å²) in [5, 5.41) is 0. The van der Waals surface area contributed by atoms with Gasteiger partial charge < -0.3 is 23.7 Å². The van der Waals surface area contributed by atoms with Gasteiger partial charge in [0.2, 0.25) is 0 Å². The lowest BCUT2D eigenvalue weighted by atomic mass is 10.1. The highest BCUT2D eigenvalue weighted by Crippen LogP contribution is 2.08. The van der Waals surface area contributed by atoms with Gasteiger partial charge in [0.05, 0.1) is 39.6 Å². The van der Waals surface area contributed by atoms with Crippen LogP contribution < -0.4 is 0 Å². The molecule has 0 aliphatic carbocycles. The lowest BCUT2D eigenvalue weighted by molar-refractivity contribution is -0.151. The summed E-state index contributed by atoms with van der Waals surface area (Å²) in [7, 11) is 1.65. The van der Waals surface area contributed by atoms with Gasteiger partial charge in [-0.1, -0.05) is 24.3 Å². The number of hydrogen-bond acceptors (Lipinski definition) is 5. The highest BCUT2D eigenvalue weighted by atomic mass is 16.7. The fourth-order valence-corrected chi connectivity index (χ4v) is 1.98. The van der Waals surface area contributed by atoms with Crippen molar-refractivity contribution >= 4 is 0 Å². The van der Waals surface area contributed by atoms with Gasteiger partial charge >= 0.3 is 0 Å². The first-order valence-electron chi connectivity index (χ1n) is 8.19. The molecule has 5 nitrogen and oxygen atoms in total. The van der Waals surface area contributed by atoms with Crippen LogP contribution in [0.15, 0.2) is 24.3 Å². The molecular formula is C18H29O5. The summed E-state index contributed by atoms with van der Waals surface area (Å²) in [5.74, 6) is 0. The molecule has 1 atom stereocenters. The van der Waals surface area contributed by atoms with Gasteiger partial charge in [-0.15, -0.1) is 0 Å². The van der Waals surface area contributed by atoms with Crippen molar-refractivity contribution in [1.82, 2.24) is 0 Å². The highest BCUT2D eigenvalue weighted by molar-refractivity contribution is 5.13. The van der Waals surface area contributed by atoms with E-state index < -0.39 is 0 Å². The summed E-state index contributed by atoms with van der Waals surface area (Å²) < 4.78 is 27.0. The van der Waals surface area contributed by atoms with E-state index in [1.54, 1.807) is 7.11 Å². The number of benzene rings is 1. The summed E-state index contributed by atoms with van der Waals surface area (Å²) >= 11 is 0. The molecule has 0 aliphatic heterocycles. The van der Waals surface area contributed by atoms with Gasteiger partial charge in [0, 0.05) is 20.1 Å². The van der Waals surface area contributed by atoms with Crippen LogP contribution in [0.5, 0.6) is 0 Å². The second-order valence-corrected chi connectivity index (χ2v) is 4.92. The topological polar surface area (TPSA) is 46.2 Å². The van der Waals surface area contributed by atoms with E-state index in [1.165, 1.54) is 5.56 Å². The molecule has 0 aromatic heterocycles. The monoisotopic (exact) mass is 325 g/mol. The predicted molar refractivity (Wildman–Crippen MR) is 88.5 cm³/mol. The van der Waals surface area contributed by atoms with Crippen LogP contribution in [0, 0.1) is 6.07 Å². The van der Waals surface area contributed by atoms with Crippen molar-refractivity contribution in [3.63, 3.8) is 0 Å². The van der Waals surface area contributed by atoms with Crippen LogP contribution >= 0.6 is 0 Å². The van der Waals surface area contributed by atoms with Gasteiger partial charge in [-0.2, -0.15) is 0 Å². The Bertz CT molecular complexity index is 358. The number of aryl methyl sites for hydroxylation is 1. The Morgan fingerprint density at radius 2 is 1.57 bits per heavy atom. The lowest BCUT2D eigenvalue weighted by Crippen LogP contribution is -2.21. The van der Waals surface area contributed by atoms with E-state index in [0.29, 0.717) is 46.2 Å². The first-order valence-corrected chi connectivity index (χ1v) is 8.19. The van der Waals surface area contributed by atoms with E-state index in [4.69, 9.17) is 23.7 Å². The standard InChI is InChI=1S/C18H29O5/c1-3-22-18(10-9-17-7-5-4-6-8-17)23-16-15-21-14-13-20-12-11-19-2/h5-8,18H,3,9-16H2,1-2H3. The molecule has 1 radical (unpaired) electrons. The molecule has 1 rings (SSSR count). The number of hydrogen-bond donors (Lipinski definition) is 0. The Hall–Kier alpha value is -0.980. The average molecular weight is 325 g/mol. The first kappa shape index (κ1) is 20.1. The van der Waals surface area contributed by atoms with Crippen molar-refractivity contribution in [1.29, 1.82) is 0 Å². The molecule has 0 spiro atoms. The summed E-state index contributed by atoms with van der Waals surface area (Å²) in [6.45, 7) is 6.01. The molecule has 0 N–H and O–H groups in total. The number of rotatable bonds is 15. The Morgan fingerprint density at radius 1 is 0.913 bits per heavy atom. The predicted octanol–water partition coefficient (Wildman–Crippen LogP) is 2.48. The minimum Gasteiger partial charge on any atom is -0.382 e. The van der Waals surface area contributed by atoms with Gasteiger partial charge in [0.15, 0.2) is 6.29 Å². The zero-order chi connectivity index (χ0) is 16.6. The van der Waals surface area contributed by atoms with Crippen LogP contribution in [0.25, 0.3) is 0 Å². The summed E-state index contributed by atoms with van der Waals surface area (Å²) in [6, 6.07) is 11.0. The van der Waals surface area contributed by atoms with E-state index in [0.717, 1.165) is 12.8 Å². The Kier molecular flexibility index (Phi) is 12.7. The molecule has 23 heavy (non-hydrogen) atoms. The van der Waals surface area contributed by atoms with Gasteiger partial charge in [0.25, 0.3) is 0 Å². The van der Waals surface area contributed by atoms with Crippen LogP contribution in [-0.2, 0) is 30.1 Å². The average Bonchev–Trinajstić information content (AvgIpc) is 2.59. The maximum Gasteiger partial charge on any atom is 0.157 e. The van der Waals surface area contributed by atoms with Crippen LogP contribution in [0.1, 0.15) is 18.9 Å². The van der Waals surface area contributed by atoms with E-state index in [1.807, 2.05) is 19.1 Å². The second kappa shape index (κ2) is 14.6. The van der Waals surface area contributed by atoms with Crippen LogP contribution in [0.2, 0.25) is 0 Å². The van der Waals surface area contributed by atoms with Crippen LogP contribution in [-0.4, -0.2) is 59.6 Å². The van der Waals surface area contributed by atoms with E-state index >= 15 is 0 Å². The van der Waals surface area contributed by atoms with Crippen molar-refractivity contribution in [3.8, 4) is 0 Å². The van der Waals surface area contributed by atoms with Gasteiger partial charge in [-0.3, -0.25) is 0 Å². The van der Waals surface area contributed by atoms with Crippen molar-refractivity contribution < 1.29 is 23.7 Å². The lowest BCUT2D eigenvalue weighted by Gasteiger charge is -2.18. The first-order chi connectivity index (χ1) is 11.4. The Morgan fingerprint density at radius 3 is 2.22 bits per heavy atom. The molecule has 1 unspecified atom stereocenters. The summed E-state index contributed by atoms with van der Waals surface area (Å²) in [4.78, 5) is 0. The molecule has 0 saturated heterocycles. The quantitative estimate of drug-likeness (QED) is 0.366. The summed E-state index contributed by atoms with van der Waals surface area (Å²) in [6.07, 6.45) is 1.57. The molecular weight excluding hydrogens is 296 g/mol. The molecule has 1 aromatic carbocycles. The molecule has 0 saturated carbocycles. The smallest absolute Gasteiger partial charge is 0.157 e. The molecule has 1 aromatic rings. The van der Waals surface area contributed by atoms with Gasteiger partial charge in [0.1, 0.15) is 0 Å². The third-order valence-electron chi connectivity index (χ3n) is 3.14. The molecule has 5 heteroatoms. The van der Waals surface area contributed by atoms with Crippen molar-refractivity contribution in [3.05, 3.63) is 35.9 Å². The molecule has 0 heterocycles. The maximum absolute atomic E-state index is 5.73. The van der Waals surface area contributed by atoms with Crippen LogP contribution in [0.4, 0.5) is 0 Å². The van der Waals surface area contributed by atoms with Gasteiger partial charge in [-0.05, 0) is 25.0 Å². The molecule has 0 amide bonds. The normalized spacial score (nSPS) is 12.4. The van der Waals surface area contributed by atoms with Crippen molar-refractivity contribution in [2.45, 2.75) is 26.1 Å². The third kappa shape index (κ3) is 11.2.